The van der Waals surface area contributed by atoms with Crippen LogP contribution in [-0.4, -0.2) is 13.0 Å². The van der Waals surface area contributed by atoms with Crippen LogP contribution in [0.4, 0.5) is 5.69 Å². The number of methoxy groups -OCH3 is 1. The van der Waals surface area contributed by atoms with Crippen molar-refractivity contribution in [1.82, 2.24) is 0 Å². The Bertz CT molecular complexity index is 1140. The molecule has 0 saturated carbocycles. The maximum atomic E-state index is 12.5. The van der Waals surface area contributed by atoms with Crippen LogP contribution in [0, 0.1) is 11.3 Å². The lowest BCUT2D eigenvalue weighted by Gasteiger charge is -2.09. The standard InChI is InChI=1S/C24H18BrClN2O3/c1-30-23-11-4-17(13-22(23)26)12-18(14-27)24(29)28-20-7-9-21(10-8-20)31-15-16-2-5-19(25)6-3-16/h2-13H,15H2,1H3,(H,28,29)/b18-12+. The fraction of sp³-hybridized carbons (Fsp3) is 0.0833. The van der Waals surface area contributed by atoms with Crippen LogP contribution in [0.3, 0.4) is 0 Å². The minimum Gasteiger partial charge on any atom is -0.495 e. The number of anilines is 1. The number of nitrogens with one attached hydrogen (secondary N) is 1. The molecule has 1 N–H and O–H groups in total. The van der Waals surface area contributed by atoms with Gasteiger partial charge in [0.05, 0.1) is 12.1 Å². The van der Waals surface area contributed by atoms with Crippen molar-refractivity contribution in [2.24, 2.45) is 0 Å². The molecule has 3 aromatic carbocycles. The maximum absolute atomic E-state index is 12.5. The number of hydrogen-bond acceptors (Lipinski definition) is 4. The van der Waals surface area contributed by atoms with Crippen LogP contribution >= 0.6 is 27.5 Å². The van der Waals surface area contributed by atoms with Gasteiger partial charge < -0.3 is 14.8 Å². The first kappa shape index (κ1) is 22.4. The molecule has 0 atom stereocenters. The molecule has 0 saturated heterocycles. The van der Waals surface area contributed by atoms with E-state index in [0.717, 1.165) is 10.0 Å². The van der Waals surface area contributed by atoms with Crippen molar-refractivity contribution in [3.8, 4) is 17.6 Å². The summed E-state index contributed by atoms with van der Waals surface area (Å²) < 4.78 is 11.9. The van der Waals surface area contributed by atoms with E-state index in [9.17, 15) is 10.1 Å². The Morgan fingerprint density at radius 2 is 1.84 bits per heavy atom. The number of hydrogen-bond donors (Lipinski definition) is 1. The number of ether oxygens (including phenoxy) is 2. The normalized spacial score (nSPS) is 10.8. The lowest BCUT2D eigenvalue weighted by atomic mass is 10.1. The van der Waals surface area contributed by atoms with Crippen molar-refractivity contribution >= 4 is 45.2 Å². The second-order valence-corrected chi connectivity index (χ2v) is 7.78. The number of amides is 1. The van der Waals surface area contributed by atoms with Crippen molar-refractivity contribution in [2.45, 2.75) is 6.61 Å². The molecule has 3 aromatic rings. The molecular formula is C24H18BrClN2O3. The van der Waals surface area contributed by atoms with Crippen LogP contribution in [0.25, 0.3) is 6.08 Å². The van der Waals surface area contributed by atoms with Crippen molar-refractivity contribution < 1.29 is 14.3 Å². The van der Waals surface area contributed by atoms with Gasteiger partial charge in [-0.25, -0.2) is 0 Å². The first-order valence-electron chi connectivity index (χ1n) is 9.22. The molecule has 0 aliphatic rings. The lowest BCUT2D eigenvalue weighted by Crippen LogP contribution is -2.13. The highest BCUT2D eigenvalue weighted by Gasteiger charge is 2.11. The molecule has 0 fully saturated rings. The van der Waals surface area contributed by atoms with Gasteiger partial charge in [-0.05, 0) is 65.7 Å². The third-order valence-electron chi connectivity index (χ3n) is 4.28. The summed E-state index contributed by atoms with van der Waals surface area (Å²) in [6.45, 7) is 0.435. The summed E-state index contributed by atoms with van der Waals surface area (Å²) in [5.41, 5.74) is 2.17. The molecule has 7 heteroatoms. The minimum absolute atomic E-state index is 0.0446. The number of carbonyl (C=O) groups excluding carboxylic acids is 1. The number of halogens is 2. The molecule has 0 unspecified atom stereocenters. The van der Waals surface area contributed by atoms with Gasteiger partial charge >= 0.3 is 0 Å². The van der Waals surface area contributed by atoms with Gasteiger partial charge in [0.25, 0.3) is 5.91 Å². The molecular weight excluding hydrogens is 480 g/mol. The van der Waals surface area contributed by atoms with Crippen LogP contribution in [0.5, 0.6) is 11.5 Å². The van der Waals surface area contributed by atoms with Crippen molar-refractivity contribution in [1.29, 1.82) is 5.26 Å². The van der Waals surface area contributed by atoms with Crippen LogP contribution in [0.2, 0.25) is 5.02 Å². The summed E-state index contributed by atoms with van der Waals surface area (Å²) in [5.74, 6) is 0.673. The molecule has 31 heavy (non-hydrogen) atoms. The summed E-state index contributed by atoms with van der Waals surface area (Å²) in [7, 11) is 1.52. The Morgan fingerprint density at radius 1 is 1.13 bits per heavy atom. The summed E-state index contributed by atoms with van der Waals surface area (Å²) in [4.78, 5) is 12.5. The first-order valence-corrected chi connectivity index (χ1v) is 10.4. The Morgan fingerprint density at radius 3 is 2.45 bits per heavy atom. The largest absolute Gasteiger partial charge is 0.495 e. The summed E-state index contributed by atoms with van der Waals surface area (Å²) >= 11 is 9.50. The molecule has 156 valence electrons. The Kier molecular flexibility index (Phi) is 7.71. The Labute approximate surface area is 194 Å². The van der Waals surface area contributed by atoms with Gasteiger partial charge in [-0.15, -0.1) is 0 Å². The molecule has 0 radical (unpaired) electrons. The molecule has 3 rings (SSSR count). The topological polar surface area (TPSA) is 71.3 Å². The van der Waals surface area contributed by atoms with Crippen LogP contribution in [0.1, 0.15) is 11.1 Å². The molecule has 0 aliphatic carbocycles. The number of carbonyl (C=O) groups is 1. The number of nitrogens with zero attached hydrogens (tertiary/aromatic N) is 1. The average Bonchev–Trinajstić information content (AvgIpc) is 2.78. The first-order chi connectivity index (χ1) is 15.0. The average molecular weight is 498 g/mol. The third-order valence-corrected chi connectivity index (χ3v) is 5.11. The summed E-state index contributed by atoms with van der Waals surface area (Å²) in [6, 6.07) is 21.7. The van der Waals surface area contributed by atoms with E-state index in [2.05, 4.69) is 21.2 Å². The minimum atomic E-state index is -0.516. The molecule has 0 aliphatic heterocycles. The monoisotopic (exact) mass is 496 g/mol. The fourth-order valence-corrected chi connectivity index (χ4v) is 3.20. The molecule has 0 spiro atoms. The van der Waals surface area contributed by atoms with Crippen molar-refractivity contribution in [2.75, 3.05) is 12.4 Å². The number of rotatable bonds is 7. The number of benzene rings is 3. The van der Waals surface area contributed by atoms with E-state index < -0.39 is 5.91 Å². The van der Waals surface area contributed by atoms with Gasteiger partial charge in [0, 0.05) is 10.2 Å². The van der Waals surface area contributed by atoms with E-state index in [1.165, 1.54) is 13.2 Å². The van der Waals surface area contributed by atoms with Gasteiger partial charge in [0.1, 0.15) is 29.7 Å². The third kappa shape index (κ3) is 6.35. The Hall–Kier alpha value is -3.27. The zero-order chi connectivity index (χ0) is 22.2. The van der Waals surface area contributed by atoms with E-state index >= 15 is 0 Å². The molecule has 1 amide bonds. The molecule has 5 nitrogen and oxygen atoms in total. The second kappa shape index (κ2) is 10.7. The summed E-state index contributed by atoms with van der Waals surface area (Å²) in [6.07, 6.45) is 1.47. The maximum Gasteiger partial charge on any atom is 0.266 e. The van der Waals surface area contributed by atoms with E-state index in [-0.39, 0.29) is 5.57 Å². The quantitative estimate of drug-likeness (QED) is 0.310. The van der Waals surface area contributed by atoms with Gasteiger partial charge in [-0.3, -0.25) is 4.79 Å². The molecule has 0 heterocycles. The smallest absolute Gasteiger partial charge is 0.266 e. The van der Waals surface area contributed by atoms with Crippen LogP contribution < -0.4 is 14.8 Å². The Balaban J connectivity index is 1.62. The zero-order valence-corrected chi connectivity index (χ0v) is 18.9. The number of nitriles is 1. The van der Waals surface area contributed by atoms with Crippen molar-refractivity contribution in [3.63, 3.8) is 0 Å². The molecule has 0 bridgehead atoms. The highest BCUT2D eigenvalue weighted by molar-refractivity contribution is 9.10. The second-order valence-electron chi connectivity index (χ2n) is 6.46. The lowest BCUT2D eigenvalue weighted by molar-refractivity contribution is -0.112. The van der Waals surface area contributed by atoms with E-state index in [0.29, 0.717) is 34.4 Å². The van der Waals surface area contributed by atoms with E-state index in [1.807, 2.05) is 30.3 Å². The fourth-order valence-electron chi connectivity index (χ4n) is 2.67. The highest BCUT2D eigenvalue weighted by atomic mass is 79.9. The van der Waals surface area contributed by atoms with Crippen molar-refractivity contribution in [3.05, 3.63) is 92.9 Å². The van der Waals surface area contributed by atoms with Gasteiger partial charge in [0.15, 0.2) is 0 Å². The highest BCUT2D eigenvalue weighted by Crippen LogP contribution is 2.26. The predicted octanol–water partition coefficient (Wildman–Crippen LogP) is 6.24. The predicted molar refractivity (Wildman–Crippen MR) is 125 cm³/mol. The van der Waals surface area contributed by atoms with Crippen LogP contribution in [-0.2, 0) is 11.4 Å². The van der Waals surface area contributed by atoms with Crippen LogP contribution in [0.15, 0.2) is 76.8 Å². The van der Waals surface area contributed by atoms with Gasteiger partial charge in [0.2, 0.25) is 0 Å². The van der Waals surface area contributed by atoms with E-state index in [4.69, 9.17) is 21.1 Å². The van der Waals surface area contributed by atoms with E-state index in [1.54, 1.807) is 42.5 Å². The van der Waals surface area contributed by atoms with Gasteiger partial charge in [-0.1, -0.05) is 45.7 Å². The summed E-state index contributed by atoms with van der Waals surface area (Å²) in [5, 5.41) is 12.5. The zero-order valence-electron chi connectivity index (χ0n) is 16.6. The molecule has 0 aromatic heterocycles. The van der Waals surface area contributed by atoms with Gasteiger partial charge in [-0.2, -0.15) is 5.26 Å². The SMILES string of the molecule is COc1ccc(/C=C(\C#N)C(=O)Nc2ccc(OCc3ccc(Br)cc3)cc2)cc1Cl.